The van der Waals surface area contributed by atoms with Gasteiger partial charge in [-0.2, -0.15) is 0 Å². The topological polar surface area (TPSA) is 40.5 Å². The zero-order chi connectivity index (χ0) is 9.57. The first-order valence-electron chi connectivity index (χ1n) is 4.68. The molecule has 2 nitrogen and oxygen atoms in total. The highest BCUT2D eigenvalue weighted by Crippen LogP contribution is 2.47. The van der Waals surface area contributed by atoms with Crippen LogP contribution in [0, 0.1) is 11.3 Å². The highest BCUT2D eigenvalue weighted by molar-refractivity contribution is 4.99. The van der Waals surface area contributed by atoms with E-state index < -0.39 is 5.60 Å². The normalized spacial score (nSPS) is 47.5. The van der Waals surface area contributed by atoms with Crippen LogP contribution >= 0.6 is 0 Å². The molecule has 0 aromatic rings. The van der Waals surface area contributed by atoms with Crippen LogP contribution in [0.15, 0.2) is 0 Å². The Morgan fingerprint density at radius 3 is 2.17 bits per heavy atom. The molecule has 1 aliphatic rings. The van der Waals surface area contributed by atoms with E-state index in [4.69, 9.17) is 0 Å². The van der Waals surface area contributed by atoms with Crippen molar-refractivity contribution >= 4 is 0 Å². The van der Waals surface area contributed by atoms with Gasteiger partial charge in [-0.05, 0) is 24.7 Å². The minimum Gasteiger partial charge on any atom is -0.393 e. The lowest BCUT2D eigenvalue weighted by Crippen LogP contribution is -2.52. The molecule has 0 spiro atoms. The van der Waals surface area contributed by atoms with Gasteiger partial charge in [0.05, 0.1) is 11.7 Å². The van der Waals surface area contributed by atoms with E-state index in [-0.39, 0.29) is 11.5 Å². The summed E-state index contributed by atoms with van der Waals surface area (Å²) in [6.45, 7) is 8.07. The first kappa shape index (κ1) is 10.0. The largest absolute Gasteiger partial charge is 0.393 e. The van der Waals surface area contributed by atoms with E-state index in [1.165, 1.54) is 0 Å². The van der Waals surface area contributed by atoms with Gasteiger partial charge in [0.25, 0.3) is 0 Å². The summed E-state index contributed by atoms with van der Waals surface area (Å²) in [5, 5.41) is 19.6. The van der Waals surface area contributed by atoms with Crippen LogP contribution in [0.3, 0.4) is 0 Å². The summed E-state index contributed by atoms with van der Waals surface area (Å²) in [4.78, 5) is 0. The lowest BCUT2D eigenvalue weighted by molar-refractivity contribution is -0.142. The zero-order valence-corrected chi connectivity index (χ0v) is 8.46. The minimum atomic E-state index is -0.732. The Morgan fingerprint density at radius 1 is 1.25 bits per heavy atom. The van der Waals surface area contributed by atoms with Crippen molar-refractivity contribution < 1.29 is 10.2 Å². The third kappa shape index (κ3) is 1.38. The van der Waals surface area contributed by atoms with Gasteiger partial charge < -0.3 is 10.2 Å². The fourth-order valence-electron chi connectivity index (χ4n) is 2.04. The fourth-order valence-corrected chi connectivity index (χ4v) is 2.04. The highest BCUT2D eigenvalue weighted by Gasteiger charge is 2.48. The van der Waals surface area contributed by atoms with E-state index in [1.807, 2.05) is 6.92 Å². The summed E-state index contributed by atoms with van der Waals surface area (Å²) in [5.74, 6) is 0.372. The standard InChI is InChI=1S/C10H20O2/c1-7-5-8(11)6-10(4,12)9(7,2)3/h7-8,11-12H,5-6H2,1-4H3. The van der Waals surface area contributed by atoms with Crippen molar-refractivity contribution in [1.29, 1.82) is 0 Å². The van der Waals surface area contributed by atoms with Crippen molar-refractivity contribution in [3.8, 4) is 0 Å². The van der Waals surface area contributed by atoms with Crippen molar-refractivity contribution in [3.05, 3.63) is 0 Å². The smallest absolute Gasteiger partial charge is 0.0697 e. The van der Waals surface area contributed by atoms with Crippen molar-refractivity contribution in [3.63, 3.8) is 0 Å². The summed E-state index contributed by atoms with van der Waals surface area (Å²) < 4.78 is 0. The van der Waals surface area contributed by atoms with Crippen LogP contribution in [0.2, 0.25) is 0 Å². The average molecular weight is 172 g/mol. The summed E-state index contributed by atoms with van der Waals surface area (Å²) in [6, 6.07) is 0. The van der Waals surface area contributed by atoms with Gasteiger partial charge in [0.1, 0.15) is 0 Å². The van der Waals surface area contributed by atoms with Crippen LogP contribution in [0.1, 0.15) is 40.5 Å². The summed E-state index contributed by atoms with van der Waals surface area (Å²) in [7, 11) is 0. The van der Waals surface area contributed by atoms with Crippen molar-refractivity contribution in [1.82, 2.24) is 0 Å². The van der Waals surface area contributed by atoms with Crippen molar-refractivity contribution in [2.24, 2.45) is 11.3 Å². The van der Waals surface area contributed by atoms with Crippen LogP contribution in [0.25, 0.3) is 0 Å². The maximum atomic E-state index is 10.1. The molecule has 0 radical (unpaired) electrons. The Labute approximate surface area is 74.6 Å². The molecule has 0 aromatic carbocycles. The molecule has 0 aromatic heterocycles. The molecule has 0 heterocycles. The molecular formula is C10H20O2. The van der Waals surface area contributed by atoms with Gasteiger partial charge in [0.2, 0.25) is 0 Å². The Hall–Kier alpha value is -0.0800. The SMILES string of the molecule is CC1CC(O)CC(C)(O)C1(C)C. The first-order chi connectivity index (χ1) is 5.27. The zero-order valence-electron chi connectivity index (χ0n) is 8.46. The fraction of sp³-hybridized carbons (Fsp3) is 1.00. The van der Waals surface area contributed by atoms with Gasteiger partial charge in [-0.15, -0.1) is 0 Å². The van der Waals surface area contributed by atoms with Crippen LogP contribution in [0.4, 0.5) is 0 Å². The summed E-state index contributed by atoms with van der Waals surface area (Å²) in [5.41, 5.74) is -0.823. The molecule has 2 heteroatoms. The molecule has 0 aliphatic heterocycles. The van der Waals surface area contributed by atoms with Gasteiger partial charge in [0.15, 0.2) is 0 Å². The van der Waals surface area contributed by atoms with Crippen LogP contribution < -0.4 is 0 Å². The second-order valence-corrected chi connectivity index (χ2v) is 4.99. The Bertz CT molecular complexity index is 173. The molecule has 1 saturated carbocycles. The first-order valence-corrected chi connectivity index (χ1v) is 4.68. The van der Waals surface area contributed by atoms with E-state index in [0.29, 0.717) is 12.3 Å². The molecule has 0 bridgehead atoms. The second kappa shape index (κ2) is 2.71. The summed E-state index contributed by atoms with van der Waals surface area (Å²) >= 11 is 0. The quantitative estimate of drug-likeness (QED) is 0.582. The second-order valence-electron chi connectivity index (χ2n) is 4.99. The lowest BCUT2D eigenvalue weighted by atomic mass is 9.60. The van der Waals surface area contributed by atoms with E-state index in [2.05, 4.69) is 20.8 Å². The number of aliphatic hydroxyl groups is 2. The third-order valence-electron chi connectivity index (χ3n) is 3.88. The van der Waals surface area contributed by atoms with E-state index in [9.17, 15) is 10.2 Å². The predicted octanol–water partition coefficient (Wildman–Crippen LogP) is 1.55. The Morgan fingerprint density at radius 2 is 1.75 bits per heavy atom. The van der Waals surface area contributed by atoms with E-state index in [1.54, 1.807) is 0 Å². The molecule has 3 unspecified atom stereocenters. The van der Waals surface area contributed by atoms with Gasteiger partial charge in [0, 0.05) is 6.42 Å². The molecule has 1 aliphatic carbocycles. The predicted molar refractivity (Wildman–Crippen MR) is 48.8 cm³/mol. The van der Waals surface area contributed by atoms with Crippen molar-refractivity contribution in [2.75, 3.05) is 0 Å². The van der Waals surface area contributed by atoms with Gasteiger partial charge in [-0.3, -0.25) is 0 Å². The molecule has 1 rings (SSSR count). The molecule has 2 N–H and O–H groups in total. The van der Waals surface area contributed by atoms with E-state index >= 15 is 0 Å². The van der Waals surface area contributed by atoms with Crippen LogP contribution in [-0.2, 0) is 0 Å². The maximum absolute atomic E-state index is 10.1. The average Bonchev–Trinajstić information content (AvgIpc) is 1.82. The monoisotopic (exact) mass is 172 g/mol. The number of rotatable bonds is 0. The van der Waals surface area contributed by atoms with Crippen LogP contribution in [0.5, 0.6) is 0 Å². The third-order valence-corrected chi connectivity index (χ3v) is 3.88. The van der Waals surface area contributed by atoms with Gasteiger partial charge in [-0.1, -0.05) is 20.8 Å². The highest BCUT2D eigenvalue weighted by atomic mass is 16.3. The lowest BCUT2D eigenvalue weighted by Gasteiger charge is -2.50. The molecule has 0 saturated heterocycles. The van der Waals surface area contributed by atoms with Gasteiger partial charge >= 0.3 is 0 Å². The van der Waals surface area contributed by atoms with E-state index in [0.717, 1.165) is 6.42 Å². The van der Waals surface area contributed by atoms with Crippen molar-refractivity contribution in [2.45, 2.75) is 52.2 Å². The molecular weight excluding hydrogens is 152 g/mol. The van der Waals surface area contributed by atoms with Crippen LogP contribution in [-0.4, -0.2) is 21.9 Å². The Balaban J connectivity index is 2.86. The molecule has 3 atom stereocenters. The molecule has 0 amide bonds. The summed E-state index contributed by atoms with van der Waals surface area (Å²) in [6.07, 6.45) is 0.982. The minimum absolute atomic E-state index is 0.0910. The number of hydrogen-bond acceptors (Lipinski definition) is 2. The number of aliphatic hydroxyl groups excluding tert-OH is 1. The number of hydrogen-bond donors (Lipinski definition) is 2. The molecule has 72 valence electrons. The molecule has 1 fully saturated rings. The maximum Gasteiger partial charge on any atom is 0.0697 e. The molecule has 12 heavy (non-hydrogen) atoms. The van der Waals surface area contributed by atoms with Gasteiger partial charge in [-0.25, -0.2) is 0 Å². The Kier molecular flexibility index (Phi) is 2.26.